The van der Waals surface area contributed by atoms with Gasteiger partial charge in [-0.2, -0.15) is 0 Å². The van der Waals surface area contributed by atoms with Crippen molar-refractivity contribution in [2.45, 2.75) is 52.4 Å². The van der Waals surface area contributed by atoms with Gasteiger partial charge in [-0.25, -0.2) is 0 Å². The Morgan fingerprint density at radius 2 is 1.56 bits per heavy atom. The zero-order chi connectivity index (χ0) is 13.1. The Morgan fingerprint density at radius 3 is 2.11 bits per heavy atom. The number of benzene rings is 1. The quantitative estimate of drug-likeness (QED) is 0.563. The van der Waals surface area contributed by atoms with Crippen LogP contribution in [-0.4, -0.2) is 13.2 Å². The SMILES string of the molecule is CCCCCOc1[c]cc(OCCCCC)cc1. The molecule has 18 heavy (non-hydrogen) atoms. The third kappa shape index (κ3) is 6.53. The van der Waals surface area contributed by atoms with Gasteiger partial charge in [-0.1, -0.05) is 39.5 Å². The lowest BCUT2D eigenvalue weighted by molar-refractivity contribution is 0.297. The molecule has 0 aromatic heterocycles. The van der Waals surface area contributed by atoms with Crippen molar-refractivity contribution in [2.75, 3.05) is 13.2 Å². The average Bonchev–Trinajstić information content (AvgIpc) is 2.41. The van der Waals surface area contributed by atoms with Crippen LogP contribution in [0.4, 0.5) is 0 Å². The first kappa shape index (κ1) is 14.9. The third-order valence-electron chi connectivity index (χ3n) is 2.78. The molecule has 0 saturated carbocycles. The van der Waals surface area contributed by atoms with E-state index in [-0.39, 0.29) is 0 Å². The smallest absolute Gasteiger partial charge is 0.127 e. The van der Waals surface area contributed by atoms with Gasteiger partial charge >= 0.3 is 0 Å². The lowest BCUT2D eigenvalue weighted by Gasteiger charge is -2.08. The van der Waals surface area contributed by atoms with Gasteiger partial charge in [-0.15, -0.1) is 0 Å². The van der Waals surface area contributed by atoms with Gasteiger partial charge in [-0.05, 0) is 31.0 Å². The molecule has 101 valence electrons. The lowest BCUT2D eigenvalue weighted by atomic mass is 10.2. The molecule has 1 radical (unpaired) electrons. The highest BCUT2D eigenvalue weighted by atomic mass is 16.5. The molecule has 0 aliphatic carbocycles. The molecule has 0 saturated heterocycles. The van der Waals surface area contributed by atoms with Crippen LogP contribution in [0.15, 0.2) is 18.2 Å². The second kappa shape index (κ2) is 9.81. The zero-order valence-corrected chi connectivity index (χ0v) is 11.7. The molecule has 2 nitrogen and oxygen atoms in total. The van der Waals surface area contributed by atoms with Gasteiger partial charge in [0.15, 0.2) is 0 Å². The van der Waals surface area contributed by atoms with Crippen molar-refractivity contribution in [2.24, 2.45) is 0 Å². The van der Waals surface area contributed by atoms with E-state index in [4.69, 9.17) is 9.47 Å². The summed E-state index contributed by atoms with van der Waals surface area (Å²) in [5.41, 5.74) is 0. The van der Waals surface area contributed by atoms with Crippen molar-refractivity contribution < 1.29 is 9.47 Å². The van der Waals surface area contributed by atoms with Crippen LogP contribution in [0.2, 0.25) is 0 Å². The van der Waals surface area contributed by atoms with Crippen molar-refractivity contribution in [3.8, 4) is 11.5 Å². The summed E-state index contributed by atoms with van der Waals surface area (Å²) in [5, 5.41) is 0. The normalized spacial score (nSPS) is 10.3. The Bertz CT molecular complexity index is 261. The summed E-state index contributed by atoms with van der Waals surface area (Å²) in [4.78, 5) is 0. The number of unbranched alkanes of at least 4 members (excludes halogenated alkanes) is 4. The first-order chi connectivity index (χ1) is 8.86. The maximum Gasteiger partial charge on any atom is 0.127 e. The summed E-state index contributed by atoms with van der Waals surface area (Å²) in [6.45, 7) is 5.95. The van der Waals surface area contributed by atoms with E-state index in [2.05, 4.69) is 19.9 Å². The van der Waals surface area contributed by atoms with Crippen LogP contribution < -0.4 is 9.47 Å². The predicted molar refractivity (Wildman–Crippen MR) is 75.3 cm³/mol. The largest absolute Gasteiger partial charge is 0.494 e. The zero-order valence-electron chi connectivity index (χ0n) is 11.7. The van der Waals surface area contributed by atoms with Crippen molar-refractivity contribution >= 4 is 0 Å². The maximum absolute atomic E-state index is 5.62. The van der Waals surface area contributed by atoms with Crippen molar-refractivity contribution in [3.63, 3.8) is 0 Å². The van der Waals surface area contributed by atoms with E-state index >= 15 is 0 Å². The first-order valence-electron chi connectivity index (χ1n) is 7.14. The van der Waals surface area contributed by atoms with Gasteiger partial charge in [0.05, 0.1) is 13.2 Å². The molecule has 0 bridgehead atoms. The van der Waals surface area contributed by atoms with E-state index in [0.717, 1.165) is 37.6 Å². The molecule has 0 spiro atoms. The van der Waals surface area contributed by atoms with Crippen LogP contribution in [0.1, 0.15) is 52.4 Å². The van der Waals surface area contributed by atoms with Crippen LogP contribution in [0.3, 0.4) is 0 Å². The molecule has 0 aliphatic rings. The van der Waals surface area contributed by atoms with Crippen molar-refractivity contribution in [1.82, 2.24) is 0 Å². The van der Waals surface area contributed by atoms with Gasteiger partial charge in [-0.3, -0.25) is 0 Å². The van der Waals surface area contributed by atoms with Crippen LogP contribution in [0.25, 0.3) is 0 Å². The second-order valence-corrected chi connectivity index (χ2v) is 4.50. The molecular formula is C16H25O2. The van der Waals surface area contributed by atoms with E-state index in [9.17, 15) is 0 Å². The molecule has 2 heteroatoms. The highest BCUT2D eigenvalue weighted by molar-refractivity contribution is 5.29. The monoisotopic (exact) mass is 249 g/mol. The van der Waals surface area contributed by atoms with Crippen LogP contribution in [0, 0.1) is 6.07 Å². The Balaban J connectivity index is 2.20. The molecule has 0 fully saturated rings. The molecule has 0 aliphatic heterocycles. The molecule has 1 rings (SSSR count). The number of hydrogen-bond donors (Lipinski definition) is 0. The van der Waals surface area contributed by atoms with Crippen LogP contribution in [0.5, 0.6) is 11.5 Å². The highest BCUT2D eigenvalue weighted by Gasteiger charge is 1.97. The molecule has 0 heterocycles. The highest BCUT2D eigenvalue weighted by Crippen LogP contribution is 2.17. The molecule has 1 aromatic rings. The maximum atomic E-state index is 5.62. The lowest BCUT2D eigenvalue weighted by Crippen LogP contribution is -1.99. The fourth-order valence-electron chi connectivity index (χ4n) is 1.65. The summed E-state index contributed by atoms with van der Waals surface area (Å²) >= 11 is 0. The summed E-state index contributed by atoms with van der Waals surface area (Å²) in [6, 6.07) is 8.86. The van der Waals surface area contributed by atoms with Gasteiger partial charge in [0.1, 0.15) is 11.5 Å². The Hall–Kier alpha value is -1.18. The Morgan fingerprint density at radius 1 is 0.889 bits per heavy atom. The fourth-order valence-corrected chi connectivity index (χ4v) is 1.65. The van der Waals surface area contributed by atoms with Gasteiger partial charge in [0, 0.05) is 6.07 Å². The summed E-state index contributed by atoms with van der Waals surface area (Å²) in [7, 11) is 0. The molecule has 0 N–H and O–H groups in total. The molecule has 1 aromatic carbocycles. The van der Waals surface area contributed by atoms with E-state index < -0.39 is 0 Å². The Kier molecular flexibility index (Phi) is 8.11. The average molecular weight is 249 g/mol. The summed E-state index contributed by atoms with van der Waals surface area (Å²) in [6.07, 6.45) is 7.12. The van der Waals surface area contributed by atoms with Crippen LogP contribution >= 0.6 is 0 Å². The van der Waals surface area contributed by atoms with E-state index in [0.29, 0.717) is 0 Å². The molecule has 0 unspecified atom stereocenters. The summed E-state index contributed by atoms with van der Waals surface area (Å²) in [5.74, 6) is 1.69. The fraction of sp³-hybridized carbons (Fsp3) is 0.625. The van der Waals surface area contributed by atoms with Gasteiger partial charge < -0.3 is 9.47 Å². The number of rotatable bonds is 10. The minimum atomic E-state index is 0.779. The molecule has 0 atom stereocenters. The van der Waals surface area contributed by atoms with Crippen LogP contribution in [-0.2, 0) is 0 Å². The first-order valence-corrected chi connectivity index (χ1v) is 7.14. The molecule has 0 amide bonds. The third-order valence-corrected chi connectivity index (χ3v) is 2.78. The second-order valence-electron chi connectivity index (χ2n) is 4.50. The van der Waals surface area contributed by atoms with E-state index in [1.807, 2.05) is 18.2 Å². The minimum Gasteiger partial charge on any atom is -0.494 e. The standard InChI is InChI=1S/C16H25O2/c1-3-5-7-13-17-15-9-11-16(12-10-15)18-14-8-6-4-2/h9-11H,3-8,13-14H2,1-2H3. The van der Waals surface area contributed by atoms with Crippen molar-refractivity contribution in [3.05, 3.63) is 24.3 Å². The topological polar surface area (TPSA) is 18.5 Å². The van der Waals surface area contributed by atoms with E-state index in [1.165, 1.54) is 25.7 Å². The van der Waals surface area contributed by atoms with Gasteiger partial charge in [0.2, 0.25) is 0 Å². The van der Waals surface area contributed by atoms with Crippen molar-refractivity contribution in [1.29, 1.82) is 0 Å². The summed E-state index contributed by atoms with van der Waals surface area (Å²) < 4.78 is 11.2. The number of hydrogen-bond acceptors (Lipinski definition) is 2. The molecular weight excluding hydrogens is 224 g/mol. The predicted octanol–water partition coefficient (Wildman–Crippen LogP) is 4.62. The minimum absolute atomic E-state index is 0.779. The number of ether oxygens (including phenoxy) is 2. The van der Waals surface area contributed by atoms with Gasteiger partial charge in [0.25, 0.3) is 0 Å². The van der Waals surface area contributed by atoms with E-state index in [1.54, 1.807) is 0 Å². The Labute approximate surface area is 111 Å².